The maximum Gasteiger partial charge on any atom is 0.307 e. The fourth-order valence-electron chi connectivity index (χ4n) is 3.84. The number of hydrogen-bond donors (Lipinski definition) is 4. The molecule has 0 bridgehead atoms. The Morgan fingerprint density at radius 2 is 1.70 bits per heavy atom. The number of carbonyl (C=O) groups is 2. The topological polar surface area (TPSA) is 159 Å². The Morgan fingerprint density at radius 1 is 0.900 bits per heavy atom. The zero-order valence-electron chi connectivity index (χ0n) is 21.7. The Bertz CT molecular complexity index is 1380. The van der Waals surface area contributed by atoms with Crippen LogP contribution in [0.25, 0.3) is 0 Å². The molecule has 2 heterocycles. The highest BCUT2D eigenvalue weighted by Gasteiger charge is 2.11. The molecule has 4 rings (SSSR count). The molecule has 2 aromatic heterocycles. The van der Waals surface area contributed by atoms with Gasteiger partial charge in [0.05, 0.1) is 12.1 Å². The van der Waals surface area contributed by atoms with Gasteiger partial charge < -0.3 is 20.3 Å². The van der Waals surface area contributed by atoms with Crippen molar-refractivity contribution in [1.29, 1.82) is 0 Å². The Labute approximate surface area is 235 Å². The quantitative estimate of drug-likeness (QED) is 0.125. The summed E-state index contributed by atoms with van der Waals surface area (Å²) in [5.41, 5.74) is 2.49. The van der Waals surface area contributed by atoms with Gasteiger partial charge in [-0.3, -0.25) is 14.9 Å². The lowest BCUT2D eigenvalue weighted by Gasteiger charge is -2.13. The molecular weight excluding hydrogens is 532 g/mol. The summed E-state index contributed by atoms with van der Waals surface area (Å²) in [6.07, 6.45) is 2.84. The van der Waals surface area contributed by atoms with Gasteiger partial charge >= 0.3 is 5.97 Å². The van der Waals surface area contributed by atoms with E-state index in [0.29, 0.717) is 28.7 Å². The lowest BCUT2D eigenvalue weighted by Crippen LogP contribution is -2.22. The van der Waals surface area contributed by atoms with Crippen LogP contribution in [0.5, 0.6) is 5.75 Å². The van der Waals surface area contributed by atoms with E-state index in [9.17, 15) is 14.7 Å². The fourth-order valence-corrected chi connectivity index (χ4v) is 4.64. The van der Waals surface area contributed by atoms with E-state index in [1.807, 2.05) is 42.5 Å². The maximum atomic E-state index is 12.2. The van der Waals surface area contributed by atoms with Crippen LogP contribution in [0, 0.1) is 0 Å². The molecule has 0 saturated carbocycles. The number of aliphatic hydroxyl groups is 1. The van der Waals surface area contributed by atoms with Gasteiger partial charge in [-0.05, 0) is 54.7 Å². The van der Waals surface area contributed by atoms with Gasteiger partial charge in [-0.15, -0.1) is 15.3 Å². The fraction of sp³-hybridized carbons (Fsp3) is 0.286. The van der Waals surface area contributed by atoms with E-state index in [1.165, 1.54) is 11.3 Å². The molecule has 0 aliphatic rings. The van der Waals surface area contributed by atoms with Crippen molar-refractivity contribution < 1.29 is 24.5 Å². The summed E-state index contributed by atoms with van der Waals surface area (Å²) in [4.78, 5) is 23.1. The van der Waals surface area contributed by atoms with E-state index in [2.05, 4.69) is 31.0 Å². The van der Waals surface area contributed by atoms with Gasteiger partial charge in [0.1, 0.15) is 17.0 Å². The molecule has 2 aromatic carbocycles. The van der Waals surface area contributed by atoms with Crippen molar-refractivity contribution in [3.63, 3.8) is 0 Å². The first kappa shape index (κ1) is 28.6. The predicted molar refractivity (Wildman–Crippen MR) is 150 cm³/mol. The number of carbonyl (C=O) groups excluding carboxylic acids is 1. The van der Waals surface area contributed by atoms with Crippen LogP contribution in [-0.4, -0.2) is 55.3 Å². The lowest BCUT2D eigenvalue weighted by molar-refractivity contribution is -0.136. The number of carboxylic acid groups (broad SMARTS) is 1. The molecule has 1 atom stereocenters. The average molecular weight is 563 g/mol. The molecule has 4 N–H and O–H groups in total. The number of aryl methyl sites for hydroxylation is 2. The highest BCUT2D eigenvalue weighted by atomic mass is 32.1. The average Bonchev–Trinajstić information content (AvgIpc) is 3.38. The molecule has 0 saturated heterocycles. The monoisotopic (exact) mass is 562 g/mol. The molecule has 1 amide bonds. The van der Waals surface area contributed by atoms with E-state index < -0.39 is 12.2 Å². The standard InChI is InChI=1S/C28H30N6O5S/c35-24(16-19-7-2-1-3-8-19)29-23-14-13-21(31-32-23)10-4-5-12-26-33-34-28(40-26)30-25(36)18-39-22-11-6-9-20(15-22)17-27(37)38/h1-3,6-9,11,13-15,24,35H,4-5,10,12,16-18H2,(H,29,32)(H,37,38)(H,30,34,36). The number of aliphatic carboxylic acids is 1. The number of benzene rings is 2. The van der Waals surface area contributed by atoms with Crippen molar-refractivity contribution in [3.8, 4) is 5.75 Å². The number of aromatic nitrogens is 4. The Hall–Kier alpha value is -4.42. The van der Waals surface area contributed by atoms with Crippen LogP contribution in [0.3, 0.4) is 0 Å². The van der Waals surface area contributed by atoms with Crippen LogP contribution < -0.4 is 15.4 Å². The third-order valence-corrected chi connectivity index (χ3v) is 6.62. The summed E-state index contributed by atoms with van der Waals surface area (Å²) in [6, 6.07) is 20.1. The van der Waals surface area contributed by atoms with Crippen molar-refractivity contribution in [3.05, 3.63) is 88.6 Å². The van der Waals surface area contributed by atoms with Crippen LogP contribution in [0.1, 0.15) is 34.7 Å². The van der Waals surface area contributed by atoms with Gasteiger partial charge in [-0.1, -0.05) is 53.8 Å². The third-order valence-electron chi connectivity index (χ3n) is 5.72. The molecule has 208 valence electrons. The minimum atomic E-state index is -0.936. The number of rotatable bonds is 15. The van der Waals surface area contributed by atoms with E-state index in [0.717, 1.165) is 41.9 Å². The number of aliphatic hydroxyl groups excluding tert-OH is 1. The van der Waals surface area contributed by atoms with Crippen LogP contribution in [-0.2, 0) is 35.3 Å². The van der Waals surface area contributed by atoms with Crippen molar-refractivity contribution >= 4 is 34.2 Å². The normalized spacial score (nSPS) is 11.5. The first-order chi connectivity index (χ1) is 19.4. The lowest BCUT2D eigenvalue weighted by atomic mass is 10.1. The SMILES string of the molecule is O=C(O)Cc1cccc(OCC(=O)Nc2nnc(CCCCc3ccc(NC(O)Cc4ccccc4)nn3)s2)c1. The van der Waals surface area contributed by atoms with Gasteiger partial charge in [0.2, 0.25) is 5.13 Å². The number of nitrogens with one attached hydrogen (secondary N) is 2. The number of amides is 1. The molecular formula is C28H30N6O5S. The Kier molecular flexibility index (Phi) is 10.5. The summed E-state index contributed by atoms with van der Waals surface area (Å²) >= 11 is 1.31. The maximum absolute atomic E-state index is 12.2. The summed E-state index contributed by atoms with van der Waals surface area (Å²) in [7, 11) is 0. The van der Waals surface area contributed by atoms with Gasteiger partial charge in [-0.2, -0.15) is 5.10 Å². The first-order valence-corrected chi connectivity index (χ1v) is 13.6. The Morgan fingerprint density at radius 3 is 2.48 bits per heavy atom. The molecule has 0 aliphatic carbocycles. The smallest absolute Gasteiger partial charge is 0.307 e. The van der Waals surface area contributed by atoms with Crippen LogP contribution in [0.15, 0.2) is 66.7 Å². The number of anilines is 2. The van der Waals surface area contributed by atoms with Gasteiger partial charge in [0, 0.05) is 12.8 Å². The van der Waals surface area contributed by atoms with Gasteiger partial charge in [-0.25, -0.2) is 0 Å². The second kappa shape index (κ2) is 14.7. The largest absolute Gasteiger partial charge is 0.484 e. The number of carboxylic acids is 1. The number of nitrogens with zero attached hydrogens (tertiary/aromatic N) is 4. The summed E-state index contributed by atoms with van der Waals surface area (Å²) in [5.74, 6) is -0.375. The highest BCUT2D eigenvalue weighted by molar-refractivity contribution is 7.15. The van der Waals surface area contributed by atoms with E-state index in [4.69, 9.17) is 9.84 Å². The first-order valence-electron chi connectivity index (χ1n) is 12.8. The van der Waals surface area contributed by atoms with Crippen LogP contribution >= 0.6 is 11.3 Å². The summed E-state index contributed by atoms with van der Waals surface area (Å²) in [6.45, 7) is -0.229. The molecule has 0 fully saturated rings. The van der Waals surface area contributed by atoms with E-state index in [1.54, 1.807) is 24.3 Å². The summed E-state index contributed by atoms with van der Waals surface area (Å²) in [5, 5.41) is 42.5. The molecule has 1 unspecified atom stereocenters. The number of unbranched alkanes of at least 4 members (excludes halogenated alkanes) is 1. The number of hydrogen-bond acceptors (Lipinski definition) is 10. The Balaban J connectivity index is 1.12. The zero-order chi connectivity index (χ0) is 28.2. The minimum absolute atomic E-state index is 0.116. The van der Waals surface area contributed by atoms with Crippen molar-refractivity contribution in [2.24, 2.45) is 0 Å². The molecule has 0 spiro atoms. The van der Waals surface area contributed by atoms with Gasteiger partial charge in [0.25, 0.3) is 5.91 Å². The summed E-state index contributed by atoms with van der Waals surface area (Å²) < 4.78 is 5.46. The molecule has 12 heteroatoms. The molecule has 0 aliphatic heterocycles. The second-order valence-corrected chi connectivity index (χ2v) is 10.1. The van der Waals surface area contributed by atoms with Crippen LogP contribution in [0.4, 0.5) is 10.9 Å². The van der Waals surface area contributed by atoms with Crippen molar-refractivity contribution in [2.45, 2.75) is 44.8 Å². The van der Waals surface area contributed by atoms with E-state index in [-0.39, 0.29) is 18.9 Å². The molecule has 4 aromatic rings. The molecule has 40 heavy (non-hydrogen) atoms. The third kappa shape index (κ3) is 9.71. The number of ether oxygens (including phenoxy) is 1. The van der Waals surface area contributed by atoms with Crippen LogP contribution in [0.2, 0.25) is 0 Å². The molecule has 0 radical (unpaired) electrons. The van der Waals surface area contributed by atoms with Crippen molar-refractivity contribution in [2.75, 3.05) is 17.2 Å². The minimum Gasteiger partial charge on any atom is -0.484 e. The highest BCUT2D eigenvalue weighted by Crippen LogP contribution is 2.18. The predicted octanol–water partition coefficient (Wildman–Crippen LogP) is 3.51. The zero-order valence-corrected chi connectivity index (χ0v) is 22.5. The van der Waals surface area contributed by atoms with Crippen molar-refractivity contribution in [1.82, 2.24) is 20.4 Å². The van der Waals surface area contributed by atoms with Gasteiger partial charge in [0.15, 0.2) is 12.4 Å². The molecule has 11 nitrogen and oxygen atoms in total. The van der Waals surface area contributed by atoms with E-state index >= 15 is 0 Å². The second-order valence-electron chi connectivity index (χ2n) is 9.02.